The first-order chi connectivity index (χ1) is 13.4. The van der Waals surface area contributed by atoms with Gasteiger partial charge in [-0.3, -0.25) is 4.79 Å². The maximum atomic E-state index is 12.8. The lowest BCUT2D eigenvalue weighted by molar-refractivity contribution is -0.132. The lowest BCUT2D eigenvalue weighted by Gasteiger charge is -2.39. The monoisotopic (exact) mass is 399 g/mol. The number of nitrogens with one attached hydrogen (secondary N) is 2. The lowest BCUT2D eigenvalue weighted by Crippen LogP contribution is -2.52. The third kappa shape index (κ3) is 4.84. The summed E-state index contributed by atoms with van der Waals surface area (Å²) in [6.07, 6.45) is 1.55. The van der Waals surface area contributed by atoms with Crippen molar-refractivity contribution in [3.8, 4) is 0 Å². The van der Waals surface area contributed by atoms with Gasteiger partial charge in [-0.25, -0.2) is 4.79 Å². The molecular formula is C22H26ClN3O2. The molecule has 0 unspecified atom stereocenters. The maximum Gasteiger partial charge on any atom is 0.321 e. The van der Waals surface area contributed by atoms with Gasteiger partial charge >= 0.3 is 6.03 Å². The molecule has 148 valence electrons. The van der Waals surface area contributed by atoms with Crippen molar-refractivity contribution < 1.29 is 9.59 Å². The zero-order valence-corrected chi connectivity index (χ0v) is 17.1. The van der Waals surface area contributed by atoms with E-state index in [9.17, 15) is 9.59 Å². The highest BCUT2D eigenvalue weighted by Gasteiger charge is 2.39. The smallest absolute Gasteiger partial charge is 0.321 e. The number of rotatable bonds is 4. The van der Waals surface area contributed by atoms with Crippen LogP contribution in [0.5, 0.6) is 0 Å². The van der Waals surface area contributed by atoms with Crippen molar-refractivity contribution in [2.45, 2.75) is 33.2 Å². The first kappa shape index (κ1) is 20.2. The van der Waals surface area contributed by atoms with Crippen molar-refractivity contribution >= 4 is 29.2 Å². The SMILES string of the molecule is Cc1ccc(NC(=O)N2CCC[C@](C)(C(=O)NCc3ccccc3)C2)cc1Cl. The highest BCUT2D eigenvalue weighted by atomic mass is 35.5. The van der Waals surface area contributed by atoms with Gasteiger partial charge in [0.2, 0.25) is 5.91 Å². The van der Waals surface area contributed by atoms with E-state index in [2.05, 4.69) is 10.6 Å². The number of urea groups is 1. The Morgan fingerprint density at radius 1 is 1.18 bits per heavy atom. The van der Waals surface area contributed by atoms with Crippen LogP contribution in [-0.4, -0.2) is 29.9 Å². The molecule has 2 aromatic carbocycles. The number of nitrogens with zero attached hydrogens (tertiary/aromatic N) is 1. The molecule has 3 rings (SSSR count). The van der Waals surface area contributed by atoms with Crippen molar-refractivity contribution in [1.29, 1.82) is 0 Å². The third-order valence-corrected chi connectivity index (χ3v) is 5.66. The molecule has 0 radical (unpaired) electrons. The Morgan fingerprint density at radius 2 is 1.93 bits per heavy atom. The highest BCUT2D eigenvalue weighted by Crippen LogP contribution is 2.30. The fourth-order valence-electron chi connectivity index (χ4n) is 3.46. The number of carbonyl (C=O) groups excluding carboxylic acids is 2. The van der Waals surface area contributed by atoms with E-state index in [1.54, 1.807) is 11.0 Å². The van der Waals surface area contributed by atoms with Crippen molar-refractivity contribution in [2.24, 2.45) is 5.41 Å². The zero-order valence-electron chi connectivity index (χ0n) is 16.3. The van der Waals surface area contributed by atoms with Crippen molar-refractivity contribution in [2.75, 3.05) is 18.4 Å². The first-order valence-electron chi connectivity index (χ1n) is 9.52. The quantitative estimate of drug-likeness (QED) is 0.789. The minimum absolute atomic E-state index is 0.0211. The summed E-state index contributed by atoms with van der Waals surface area (Å²) in [7, 11) is 0. The van der Waals surface area contributed by atoms with Crippen molar-refractivity contribution in [1.82, 2.24) is 10.2 Å². The Hall–Kier alpha value is -2.53. The van der Waals surface area contributed by atoms with Gasteiger partial charge in [0, 0.05) is 30.3 Å². The predicted octanol–water partition coefficient (Wildman–Crippen LogP) is 4.60. The lowest BCUT2D eigenvalue weighted by atomic mass is 9.81. The number of hydrogen-bond acceptors (Lipinski definition) is 2. The Bertz CT molecular complexity index is 856. The number of piperidine rings is 1. The number of halogens is 1. The fourth-order valence-corrected chi connectivity index (χ4v) is 3.64. The topological polar surface area (TPSA) is 61.4 Å². The van der Waals surface area contributed by atoms with Crippen molar-refractivity contribution in [3.63, 3.8) is 0 Å². The van der Waals surface area contributed by atoms with Crippen LogP contribution in [-0.2, 0) is 11.3 Å². The molecule has 1 saturated heterocycles. The van der Waals surface area contributed by atoms with Gasteiger partial charge in [0.15, 0.2) is 0 Å². The van der Waals surface area contributed by atoms with Crippen LogP contribution in [0.25, 0.3) is 0 Å². The minimum Gasteiger partial charge on any atom is -0.351 e. The van der Waals surface area contributed by atoms with Crippen LogP contribution in [0.2, 0.25) is 5.02 Å². The summed E-state index contributed by atoms with van der Waals surface area (Å²) < 4.78 is 0. The average molecular weight is 400 g/mol. The van der Waals surface area contributed by atoms with Crippen LogP contribution in [0.4, 0.5) is 10.5 Å². The summed E-state index contributed by atoms with van der Waals surface area (Å²) in [6, 6.07) is 15.0. The van der Waals surface area contributed by atoms with E-state index in [-0.39, 0.29) is 11.9 Å². The predicted molar refractivity (Wildman–Crippen MR) is 112 cm³/mol. The Kier molecular flexibility index (Phi) is 6.25. The van der Waals surface area contributed by atoms with Crippen LogP contribution in [0.1, 0.15) is 30.9 Å². The van der Waals surface area contributed by atoms with Gasteiger partial charge in [0.05, 0.1) is 5.41 Å². The molecule has 0 bridgehead atoms. The number of aryl methyl sites for hydroxylation is 1. The molecule has 6 heteroatoms. The molecule has 1 atom stereocenters. The Balaban J connectivity index is 1.60. The second kappa shape index (κ2) is 8.65. The molecule has 1 fully saturated rings. The molecule has 2 aromatic rings. The molecule has 0 spiro atoms. The van der Waals surface area contributed by atoms with Gasteiger partial charge in [0.25, 0.3) is 0 Å². The number of carbonyl (C=O) groups is 2. The first-order valence-corrected chi connectivity index (χ1v) is 9.89. The van der Waals surface area contributed by atoms with Gasteiger partial charge in [-0.1, -0.05) is 48.0 Å². The fraction of sp³-hybridized carbons (Fsp3) is 0.364. The van der Waals surface area contributed by atoms with Gasteiger partial charge in [-0.05, 0) is 49.9 Å². The van der Waals surface area contributed by atoms with E-state index in [1.807, 2.05) is 56.3 Å². The molecule has 2 N–H and O–H groups in total. The third-order valence-electron chi connectivity index (χ3n) is 5.25. The molecule has 5 nitrogen and oxygen atoms in total. The second-order valence-corrected chi connectivity index (χ2v) is 8.06. The molecule has 1 aliphatic heterocycles. The average Bonchev–Trinajstić information content (AvgIpc) is 2.69. The zero-order chi connectivity index (χ0) is 20.1. The van der Waals surface area contributed by atoms with Crippen molar-refractivity contribution in [3.05, 3.63) is 64.7 Å². The number of likely N-dealkylation sites (tertiary alicyclic amines) is 1. The van der Waals surface area contributed by atoms with Gasteiger partial charge in [-0.2, -0.15) is 0 Å². The summed E-state index contributed by atoms with van der Waals surface area (Å²) in [5.41, 5.74) is 2.07. The number of amides is 3. The summed E-state index contributed by atoms with van der Waals surface area (Å²) in [5.74, 6) is -0.0211. The summed E-state index contributed by atoms with van der Waals surface area (Å²) in [6.45, 7) is 5.35. The molecule has 3 amide bonds. The van der Waals surface area contributed by atoms with E-state index in [4.69, 9.17) is 11.6 Å². The van der Waals surface area contributed by atoms with E-state index in [0.29, 0.717) is 30.3 Å². The van der Waals surface area contributed by atoms with Gasteiger partial charge in [0.1, 0.15) is 0 Å². The van der Waals surface area contributed by atoms with Crippen LogP contribution < -0.4 is 10.6 Å². The highest BCUT2D eigenvalue weighted by molar-refractivity contribution is 6.31. The number of anilines is 1. The molecule has 0 aromatic heterocycles. The molecular weight excluding hydrogens is 374 g/mol. The Labute approximate surface area is 171 Å². The summed E-state index contributed by atoms with van der Waals surface area (Å²) >= 11 is 6.14. The van der Waals surface area contributed by atoms with Crippen LogP contribution in [0.3, 0.4) is 0 Å². The van der Waals surface area contributed by atoms with E-state index in [1.165, 1.54) is 0 Å². The van der Waals surface area contributed by atoms with E-state index < -0.39 is 5.41 Å². The molecule has 28 heavy (non-hydrogen) atoms. The summed E-state index contributed by atoms with van der Waals surface area (Å²) in [5, 5.41) is 6.51. The molecule has 1 aliphatic rings. The second-order valence-electron chi connectivity index (χ2n) is 7.65. The van der Waals surface area contributed by atoms with E-state index >= 15 is 0 Å². The van der Waals surface area contributed by atoms with Crippen LogP contribution in [0, 0.1) is 12.3 Å². The minimum atomic E-state index is -0.602. The van der Waals surface area contributed by atoms with Gasteiger partial charge in [-0.15, -0.1) is 0 Å². The Morgan fingerprint density at radius 3 is 2.64 bits per heavy atom. The number of hydrogen-bond donors (Lipinski definition) is 2. The molecule has 1 heterocycles. The maximum absolute atomic E-state index is 12.8. The van der Waals surface area contributed by atoms with Crippen LogP contribution in [0.15, 0.2) is 48.5 Å². The number of benzene rings is 2. The van der Waals surface area contributed by atoms with Crippen LogP contribution >= 0.6 is 11.6 Å². The van der Waals surface area contributed by atoms with Gasteiger partial charge < -0.3 is 15.5 Å². The molecule has 0 aliphatic carbocycles. The standard InChI is InChI=1S/C22H26ClN3O2/c1-16-9-10-18(13-19(16)23)25-21(28)26-12-6-11-22(2,15-26)20(27)24-14-17-7-4-3-5-8-17/h3-5,7-10,13H,6,11-12,14-15H2,1-2H3,(H,24,27)(H,25,28)/t22-/m0/s1. The normalized spacial score (nSPS) is 19.2. The largest absolute Gasteiger partial charge is 0.351 e. The van der Waals surface area contributed by atoms with E-state index in [0.717, 1.165) is 24.0 Å². The summed E-state index contributed by atoms with van der Waals surface area (Å²) in [4.78, 5) is 27.2. The molecule has 0 saturated carbocycles.